The molecule has 0 aromatic carbocycles. The van der Waals surface area contributed by atoms with Gasteiger partial charge in [-0.05, 0) is 18.2 Å². The van der Waals surface area contributed by atoms with Gasteiger partial charge in [0.2, 0.25) is 0 Å². The Morgan fingerprint density at radius 1 is 0.926 bits per heavy atom. The summed E-state index contributed by atoms with van der Waals surface area (Å²) in [7, 11) is 0. The lowest BCUT2D eigenvalue weighted by Gasteiger charge is -2.36. The molecule has 0 amide bonds. The lowest BCUT2D eigenvalue weighted by molar-refractivity contribution is 0.122. The van der Waals surface area contributed by atoms with Gasteiger partial charge >= 0.3 is 0 Å². The first-order chi connectivity index (χ1) is 13.2. The third-order valence-corrected chi connectivity index (χ3v) is 5.10. The third kappa shape index (κ3) is 3.89. The molecule has 8 nitrogen and oxygen atoms in total. The molecule has 0 radical (unpaired) electrons. The third-order valence-electron chi connectivity index (χ3n) is 4.83. The van der Waals surface area contributed by atoms with Crippen LogP contribution in [0.3, 0.4) is 0 Å². The molecule has 0 unspecified atom stereocenters. The highest BCUT2D eigenvalue weighted by molar-refractivity contribution is 6.33. The Labute approximate surface area is 162 Å². The van der Waals surface area contributed by atoms with Gasteiger partial charge in [-0.3, -0.25) is 0 Å². The predicted octanol–water partition coefficient (Wildman–Crippen LogP) is 1.56. The summed E-state index contributed by atoms with van der Waals surface area (Å²) in [5.74, 6) is 2.50. The smallest absolute Gasteiger partial charge is 0.151 e. The van der Waals surface area contributed by atoms with Crippen molar-refractivity contribution < 1.29 is 4.74 Å². The van der Waals surface area contributed by atoms with Crippen LogP contribution in [0, 0.1) is 11.3 Å². The Morgan fingerprint density at radius 3 is 2.07 bits per heavy atom. The van der Waals surface area contributed by atoms with Crippen LogP contribution in [-0.2, 0) is 4.74 Å². The molecule has 0 saturated carbocycles. The first kappa shape index (κ1) is 17.8. The second kappa shape index (κ2) is 7.94. The van der Waals surface area contributed by atoms with Crippen LogP contribution in [0.15, 0.2) is 24.4 Å². The molecule has 0 N–H and O–H groups in total. The lowest BCUT2D eigenvalue weighted by Crippen LogP contribution is -2.47. The fourth-order valence-corrected chi connectivity index (χ4v) is 3.61. The maximum Gasteiger partial charge on any atom is 0.151 e. The van der Waals surface area contributed by atoms with Crippen LogP contribution in [0.2, 0.25) is 5.02 Å². The number of ether oxygens (including phenoxy) is 1. The highest BCUT2D eigenvalue weighted by Crippen LogP contribution is 2.26. The van der Waals surface area contributed by atoms with Gasteiger partial charge in [0.25, 0.3) is 0 Å². The topological polar surface area (TPSA) is 81.4 Å². The number of anilines is 3. The summed E-state index contributed by atoms with van der Waals surface area (Å²) in [5, 5.41) is 18.2. The van der Waals surface area contributed by atoms with Gasteiger partial charge in [-0.1, -0.05) is 11.6 Å². The van der Waals surface area contributed by atoms with Crippen LogP contribution < -0.4 is 14.7 Å². The molecule has 0 aliphatic carbocycles. The molecule has 4 heterocycles. The van der Waals surface area contributed by atoms with E-state index in [0.717, 1.165) is 69.9 Å². The van der Waals surface area contributed by atoms with Crippen LogP contribution in [0.25, 0.3) is 0 Å². The molecule has 140 valence electrons. The summed E-state index contributed by atoms with van der Waals surface area (Å²) < 4.78 is 5.37. The Bertz CT molecular complexity index is 825. The number of nitriles is 1. The van der Waals surface area contributed by atoms with Crippen molar-refractivity contribution in [3.8, 4) is 6.07 Å². The fourth-order valence-electron chi connectivity index (χ4n) is 3.32. The molecule has 9 heteroatoms. The Hall–Kier alpha value is -2.63. The van der Waals surface area contributed by atoms with Gasteiger partial charge in [0.15, 0.2) is 11.6 Å². The summed E-state index contributed by atoms with van der Waals surface area (Å²) in [4.78, 5) is 10.9. The second-order valence-electron chi connectivity index (χ2n) is 6.46. The second-order valence-corrected chi connectivity index (χ2v) is 6.87. The van der Waals surface area contributed by atoms with E-state index in [0.29, 0.717) is 10.6 Å². The van der Waals surface area contributed by atoms with E-state index in [4.69, 9.17) is 21.6 Å². The van der Waals surface area contributed by atoms with Crippen molar-refractivity contribution in [1.29, 1.82) is 5.26 Å². The average molecular weight is 386 g/mol. The first-order valence-corrected chi connectivity index (χ1v) is 9.34. The molecular weight excluding hydrogens is 366 g/mol. The van der Waals surface area contributed by atoms with Gasteiger partial charge in [0, 0.05) is 45.5 Å². The van der Waals surface area contributed by atoms with Gasteiger partial charge < -0.3 is 19.4 Å². The number of halogens is 1. The maximum atomic E-state index is 8.94. The molecule has 2 aromatic rings. The zero-order valence-corrected chi connectivity index (χ0v) is 15.6. The van der Waals surface area contributed by atoms with Crippen LogP contribution in [-0.4, -0.2) is 67.7 Å². The SMILES string of the molecule is N#Cc1cnc(N2CCN(c3ccc(N4CCOCC4)nn3)CC2)c(Cl)c1. The number of piperazine rings is 1. The molecule has 0 spiro atoms. The molecule has 4 rings (SSSR count). The van der Waals surface area contributed by atoms with Gasteiger partial charge in [0.05, 0.1) is 23.8 Å². The summed E-state index contributed by atoms with van der Waals surface area (Å²) in [6, 6.07) is 7.77. The number of hydrogen-bond acceptors (Lipinski definition) is 8. The molecule has 27 heavy (non-hydrogen) atoms. The normalized spacial score (nSPS) is 17.7. The number of morpholine rings is 1. The molecule has 2 aliphatic rings. The minimum Gasteiger partial charge on any atom is -0.378 e. The molecule has 2 saturated heterocycles. The molecular formula is C18H20ClN7O. The van der Waals surface area contributed by atoms with E-state index < -0.39 is 0 Å². The summed E-state index contributed by atoms with van der Waals surface area (Å²) in [5.41, 5.74) is 0.470. The molecule has 2 aromatic heterocycles. The van der Waals surface area contributed by atoms with Crippen molar-refractivity contribution in [3.05, 3.63) is 35.0 Å². The molecule has 2 fully saturated rings. The number of hydrogen-bond donors (Lipinski definition) is 0. The largest absolute Gasteiger partial charge is 0.378 e. The van der Waals surface area contributed by atoms with Gasteiger partial charge in [-0.15, -0.1) is 10.2 Å². The number of rotatable bonds is 3. The van der Waals surface area contributed by atoms with Crippen molar-refractivity contribution >= 4 is 29.1 Å². The molecule has 0 bridgehead atoms. The van der Waals surface area contributed by atoms with Crippen molar-refractivity contribution in [2.45, 2.75) is 0 Å². The van der Waals surface area contributed by atoms with Crippen molar-refractivity contribution in [1.82, 2.24) is 15.2 Å². The average Bonchev–Trinajstić information content (AvgIpc) is 2.74. The lowest BCUT2D eigenvalue weighted by atomic mass is 10.2. The van der Waals surface area contributed by atoms with E-state index in [-0.39, 0.29) is 0 Å². The van der Waals surface area contributed by atoms with Crippen LogP contribution in [0.5, 0.6) is 0 Å². The zero-order valence-electron chi connectivity index (χ0n) is 14.9. The van der Waals surface area contributed by atoms with E-state index in [2.05, 4.69) is 36.0 Å². The van der Waals surface area contributed by atoms with Crippen molar-refractivity contribution in [3.63, 3.8) is 0 Å². The minimum absolute atomic E-state index is 0.470. The van der Waals surface area contributed by atoms with Crippen molar-refractivity contribution in [2.75, 3.05) is 67.2 Å². The zero-order chi connectivity index (χ0) is 18.6. The van der Waals surface area contributed by atoms with E-state index >= 15 is 0 Å². The highest BCUT2D eigenvalue weighted by atomic mass is 35.5. The van der Waals surface area contributed by atoms with Crippen LogP contribution in [0.1, 0.15) is 5.56 Å². The van der Waals surface area contributed by atoms with E-state index in [9.17, 15) is 0 Å². The van der Waals surface area contributed by atoms with E-state index in [1.807, 2.05) is 12.1 Å². The van der Waals surface area contributed by atoms with Crippen LogP contribution in [0.4, 0.5) is 17.5 Å². The quantitative estimate of drug-likeness (QED) is 0.787. The van der Waals surface area contributed by atoms with Crippen LogP contribution >= 0.6 is 11.6 Å². The summed E-state index contributed by atoms with van der Waals surface area (Å²) >= 11 is 6.28. The standard InChI is InChI=1S/C18H20ClN7O/c19-15-11-14(12-20)13-21-18(15)26-5-3-24(4-6-26)16-1-2-17(23-22-16)25-7-9-27-10-8-25/h1-2,11,13H,3-10H2. The van der Waals surface area contributed by atoms with E-state index in [1.165, 1.54) is 0 Å². The Kier molecular flexibility index (Phi) is 5.23. The van der Waals surface area contributed by atoms with Gasteiger partial charge in [0.1, 0.15) is 11.9 Å². The Balaban J connectivity index is 1.38. The minimum atomic E-state index is 0.470. The van der Waals surface area contributed by atoms with Gasteiger partial charge in [-0.2, -0.15) is 5.26 Å². The van der Waals surface area contributed by atoms with E-state index in [1.54, 1.807) is 12.3 Å². The van der Waals surface area contributed by atoms with Crippen molar-refractivity contribution in [2.24, 2.45) is 0 Å². The first-order valence-electron chi connectivity index (χ1n) is 8.96. The summed E-state index contributed by atoms with van der Waals surface area (Å²) in [6.07, 6.45) is 1.56. The Morgan fingerprint density at radius 2 is 1.52 bits per heavy atom. The fraction of sp³-hybridized carbons (Fsp3) is 0.444. The maximum absolute atomic E-state index is 8.94. The predicted molar refractivity (Wildman–Crippen MR) is 103 cm³/mol. The van der Waals surface area contributed by atoms with Gasteiger partial charge in [-0.25, -0.2) is 4.98 Å². The molecule has 2 aliphatic heterocycles. The highest BCUT2D eigenvalue weighted by Gasteiger charge is 2.22. The summed E-state index contributed by atoms with van der Waals surface area (Å²) in [6.45, 7) is 6.36. The monoisotopic (exact) mass is 385 g/mol. The molecule has 0 atom stereocenters. The number of pyridine rings is 1. The number of nitrogens with zero attached hydrogens (tertiary/aromatic N) is 7. The number of aromatic nitrogens is 3.